The number of rotatable bonds is 8. The quantitative estimate of drug-likeness (QED) is 0.338. The lowest BCUT2D eigenvalue weighted by Crippen LogP contribution is -2.40. The highest BCUT2D eigenvalue weighted by Gasteiger charge is 2.34. The van der Waals surface area contributed by atoms with Crippen LogP contribution < -0.4 is 10.5 Å². The van der Waals surface area contributed by atoms with Crippen molar-refractivity contribution in [1.29, 1.82) is 0 Å². The second-order valence-corrected chi connectivity index (χ2v) is 6.71. The lowest BCUT2D eigenvalue weighted by molar-refractivity contribution is -0.384. The summed E-state index contributed by atoms with van der Waals surface area (Å²) in [6, 6.07) is -0.460. The van der Waals surface area contributed by atoms with Gasteiger partial charge >= 0.3 is 12.1 Å². The number of carbonyl (C=O) groups is 1. The zero-order valence-electron chi connectivity index (χ0n) is 12.9. The summed E-state index contributed by atoms with van der Waals surface area (Å²) in [5.41, 5.74) is 4.44. The molecule has 0 aromatic heterocycles. The Morgan fingerprint density at radius 1 is 1.35 bits per heavy atom. The number of nitro benzene ring substituents is 1. The average molecular weight is 397 g/mol. The van der Waals surface area contributed by atoms with E-state index in [0.717, 1.165) is 30.3 Å². The number of hydrogen-bond acceptors (Lipinski definition) is 6. The Kier molecular flexibility index (Phi) is 6.83. The van der Waals surface area contributed by atoms with Crippen LogP contribution in [0.15, 0.2) is 41.3 Å². The zero-order chi connectivity index (χ0) is 20.1. The van der Waals surface area contributed by atoms with E-state index in [0.29, 0.717) is 6.08 Å². The third kappa shape index (κ3) is 6.09. The number of nitro groups is 1. The largest absolute Gasteiger partial charge is 0.480 e. The molecule has 0 aliphatic heterocycles. The highest BCUT2D eigenvalue weighted by atomic mass is 32.2. The van der Waals surface area contributed by atoms with Gasteiger partial charge in [0.05, 0.1) is 9.82 Å². The molecular formula is C13H14F3N3O6S. The number of aliphatic carboxylic acids is 1. The lowest BCUT2D eigenvalue weighted by Gasteiger charge is -2.14. The van der Waals surface area contributed by atoms with Gasteiger partial charge in [-0.05, 0) is 18.6 Å². The standard InChI is InChI=1S/C13H14F3N3O6S/c14-13(15,16)11(17)3-1-2-10(12(20)21)18-26(24,25)9-6-4-8(5-7-9)19(22)23/h1,3-7,10-11,18H,2,17H2,(H,20,21)/b3-1+/t10-,11+/m0/s1. The number of hydrogen-bond donors (Lipinski definition) is 3. The maximum atomic E-state index is 12.3. The molecule has 0 aliphatic rings. The Hall–Kier alpha value is -2.51. The van der Waals surface area contributed by atoms with Crippen LogP contribution in [-0.2, 0) is 14.8 Å². The van der Waals surface area contributed by atoms with E-state index in [4.69, 9.17) is 10.8 Å². The van der Waals surface area contributed by atoms with Crippen molar-refractivity contribution in [1.82, 2.24) is 4.72 Å². The van der Waals surface area contributed by atoms with Crippen LogP contribution in [0.3, 0.4) is 0 Å². The maximum absolute atomic E-state index is 12.3. The number of nitrogens with two attached hydrogens (primary N) is 1. The van der Waals surface area contributed by atoms with Crippen molar-refractivity contribution in [2.24, 2.45) is 5.73 Å². The van der Waals surface area contributed by atoms with Crippen molar-refractivity contribution in [3.63, 3.8) is 0 Å². The summed E-state index contributed by atoms with van der Waals surface area (Å²) in [4.78, 5) is 20.5. The molecule has 144 valence electrons. The van der Waals surface area contributed by atoms with Crippen LogP contribution in [0.25, 0.3) is 0 Å². The number of carboxylic acid groups (broad SMARTS) is 1. The minimum atomic E-state index is -4.71. The van der Waals surface area contributed by atoms with Crippen LogP contribution in [0.4, 0.5) is 18.9 Å². The van der Waals surface area contributed by atoms with Gasteiger partial charge in [0, 0.05) is 12.1 Å². The van der Waals surface area contributed by atoms with Crippen LogP contribution in [0, 0.1) is 10.1 Å². The molecule has 1 aromatic carbocycles. The van der Waals surface area contributed by atoms with Gasteiger partial charge in [0.1, 0.15) is 12.1 Å². The van der Waals surface area contributed by atoms with E-state index in [1.54, 1.807) is 4.72 Å². The van der Waals surface area contributed by atoms with Gasteiger partial charge in [-0.15, -0.1) is 0 Å². The summed E-state index contributed by atoms with van der Waals surface area (Å²) in [6.45, 7) is 0. The van der Waals surface area contributed by atoms with Crippen molar-refractivity contribution in [3.8, 4) is 0 Å². The number of non-ortho nitro benzene ring substituents is 1. The van der Waals surface area contributed by atoms with Gasteiger partial charge in [0.15, 0.2) is 0 Å². The lowest BCUT2D eigenvalue weighted by atomic mass is 10.2. The topological polar surface area (TPSA) is 153 Å². The minimum Gasteiger partial charge on any atom is -0.480 e. The second-order valence-electron chi connectivity index (χ2n) is 4.99. The molecule has 0 saturated carbocycles. The van der Waals surface area contributed by atoms with Gasteiger partial charge in [0.25, 0.3) is 5.69 Å². The summed E-state index contributed by atoms with van der Waals surface area (Å²) in [6.07, 6.45) is -4.00. The fraction of sp³-hybridized carbons (Fsp3) is 0.308. The normalized spacial score (nSPS) is 14.9. The van der Waals surface area contributed by atoms with Crippen molar-refractivity contribution >= 4 is 21.7 Å². The van der Waals surface area contributed by atoms with Gasteiger partial charge in [-0.2, -0.15) is 17.9 Å². The predicted molar refractivity (Wildman–Crippen MR) is 82.6 cm³/mol. The number of sulfonamides is 1. The zero-order valence-corrected chi connectivity index (χ0v) is 13.7. The number of nitrogens with zero attached hydrogens (tertiary/aromatic N) is 1. The van der Waals surface area contributed by atoms with Crippen molar-refractivity contribution in [2.75, 3.05) is 0 Å². The minimum absolute atomic E-state index is 0.372. The van der Waals surface area contributed by atoms with Crippen LogP contribution in [-0.4, -0.2) is 42.7 Å². The van der Waals surface area contributed by atoms with Crippen molar-refractivity contribution in [2.45, 2.75) is 29.6 Å². The fourth-order valence-electron chi connectivity index (χ4n) is 1.67. The molecule has 0 radical (unpaired) electrons. The Bertz CT molecular complexity index is 792. The molecule has 26 heavy (non-hydrogen) atoms. The molecule has 0 saturated heterocycles. The van der Waals surface area contributed by atoms with E-state index in [-0.39, 0.29) is 5.69 Å². The van der Waals surface area contributed by atoms with Gasteiger partial charge in [-0.1, -0.05) is 12.2 Å². The first-order chi connectivity index (χ1) is 11.8. The van der Waals surface area contributed by atoms with Crippen LogP contribution in [0.5, 0.6) is 0 Å². The molecule has 0 heterocycles. The molecule has 0 amide bonds. The molecule has 4 N–H and O–H groups in total. The molecule has 13 heteroatoms. The SMILES string of the molecule is N[C@H](/C=C/C[C@H](NS(=O)(=O)c1ccc([N+](=O)[O-])cc1)C(=O)O)C(F)(F)F. The first-order valence-electron chi connectivity index (χ1n) is 6.83. The second kappa shape index (κ2) is 8.25. The Balaban J connectivity index is 2.90. The van der Waals surface area contributed by atoms with Crippen LogP contribution in [0.2, 0.25) is 0 Å². The van der Waals surface area contributed by atoms with Crippen LogP contribution >= 0.6 is 0 Å². The molecule has 0 aliphatic carbocycles. The van der Waals surface area contributed by atoms with Crippen molar-refractivity contribution < 1.29 is 36.4 Å². The Morgan fingerprint density at radius 2 is 1.88 bits per heavy atom. The fourth-order valence-corrected chi connectivity index (χ4v) is 2.87. The first kappa shape index (κ1) is 21.5. The van der Waals surface area contributed by atoms with E-state index in [9.17, 15) is 36.5 Å². The Morgan fingerprint density at radius 3 is 2.31 bits per heavy atom. The molecule has 0 bridgehead atoms. The van der Waals surface area contributed by atoms with E-state index in [1.807, 2.05) is 0 Å². The van der Waals surface area contributed by atoms with Gasteiger partial charge < -0.3 is 10.8 Å². The summed E-state index contributed by atoms with van der Waals surface area (Å²) in [5.74, 6) is -1.62. The summed E-state index contributed by atoms with van der Waals surface area (Å²) >= 11 is 0. The summed E-state index contributed by atoms with van der Waals surface area (Å²) in [5, 5.41) is 19.6. The van der Waals surface area contributed by atoms with E-state index in [1.165, 1.54) is 0 Å². The molecular weight excluding hydrogens is 383 g/mol. The molecule has 0 fully saturated rings. The highest BCUT2D eigenvalue weighted by Crippen LogP contribution is 2.19. The predicted octanol–water partition coefficient (Wildman–Crippen LogP) is 1.16. The number of halogens is 3. The summed E-state index contributed by atoms with van der Waals surface area (Å²) in [7, 11) is -4.37. The monoisotopic (exact) mass is 397 g/mol. The third-order valence-electron chi connectivity index (χ3n) is 3.05. The Labute approximate surface area is 145 Å². The van der Waals surface area contributed by atoms with Crippen LogP contribution in [0.1, 0.15) is 6.42 Å². The van der Waals surface area contributed by atoms with Gasteiger partial charge in [-0.3, -0.25) is 14.9 Å². The number of nitrogens with one attached hydrogen (secondary N) is 1. The van der Waals surface area contributed by atoms with Crippen molar-refractivity contribution in [3.05, 3.63) is 46.5 Å². The summed E-state index contributed by atoms with van der Waals surface area (Å²) < 4.78 is 62.8. The number of alkyl halides is 3. The first-order valence-corrected chi connectivity index (χ1v) is 8.31. The molecule has 0 spiro atoms. The number of carboxylic acids is 1. The average Bonchev–Trinajstić information content (AvgIpc) is 2.52. The van der Waals surface area contributed by atoms with Gasteiger partial charge in [0.2, 0.25) is 10.0 Å². The third-order valence-corrected chi connectivity index (χ3v) is 4.53. The molecule has 1 aromatic rings. The maximum Gasteiger partial charge on any atom is 0.407 e. The molecule has 2 atom stereocenters. The highest BCUT2D eigenvalue weighted by molar-refractivity contribution is 7.89. The molecule has 0 unspecified atom stereocenters. The molecule has 1 rings (SSSR count). The number of benzene rings is 1. The van der Waals surface area contributed by atoms with E-state index < -0.39 is 50.5 Å². The smallest absolute Gasteiger partial charge is 0.407 e. The van der Waals surface area contributed by atoms with E-state index >= 15 is 0 Å². The van der Waals surface area contributed by atoms with Gasteiger partial charge in [-0.25, -0.2) is 8.42 Å². The molecule has 9 nitrogen and oxygen atoms in total. The van der Waals surface area contributed by atoms with E-state index in [2.05, 4.69) is 0 Å².